The van der Waals surface area contributed by atoms with Gasteiger partial charge in [-0.1, -0.05) is 42.5 Å². The molecule has 2 aromatic carbocycles. The number of rotatable bonds is 6. The molecule has 2 aromatic rings. The van der Waals surface area contributed by atoms with E-state index < -0.39 is 0 Å². The minimum Gasteiger partial charge on any atom is -0.497 e. The Morgan fingerprint density at radius 2 is 1.77 bits per heavy atom. The number of hydrogen-bond donors (Lipinski definition) is 0. The number of ketones is 1. The SMILES string of the molecule is COc1cccc(CC(=O)N(C)CC(=O)c2ccccc2)c1. The van der Waals surface area contributed by atoms with Gasteiger partial charge in [0, 0.05) is 12.6 Å². The molecule has 0 bridgehead atoms. The number of benzene rings is 2. The Hall–Kier alpha value is -2.62. The molecule has 0 spiro atoms. The Morgan fingerprint density at radius 3 is 2.45 bits per heavy atom. The predicted octanol–water partition coefficient (Wildman–Crippen LogP) is 2.58. The first-order chi connectivity index (χ1) is 10.6. The average molecular weight is 297 g/mol. The molecule has 0 heterocycles. The van der Waals surface area contributed by atoms with Crippen LogP contribution in [-0.2, 0) is 11.2 Å². The number of methoxy groups -OCH3 is 1. The normalized spacial score (nSPS) is 10.1. The Kier molecular flexibility index (Phi) is 5.31. The second kappa shape index (κ2) is 7.41. The van der Waals surface area contributed by atoms with Crippen molar-refractivity contribution in [3.63, 3.8) is 0 Å². The van der Waals surface area contributed by atoms with Crippen LogP contribution in [0, 0.1) is 0 Å². The van der Waals surface area contributed by atoms with Gasteiger partial charge in [-0.15, -0.1) is 0 Å². The first-order valence-electron chi connectivity index (χ1n) is 7.05. The van der Waals surface area contributed by atoms with Crippen LogP contribution >= 0.6 is 0 Å². The van der Waals surface area contributed by atoms with Gasteiger partial charge in [-0.05, 0) is 17.7 Å². The molecule has 0 radical (unpaired) electrons. The summed E-state index contributed by atoms with van der Waals surface area (Å²) in [6.45, 7) is 0.0762. The standard InChI is InChI=1S/C18H19NO3/c1-19(13-17(20)15-8-4-3-5-9-15)18(21)12-14-7-6-10-16(11-14)22-2/h3-11H,12-13H2,1-2H3. The lowest BCUT2D eigenvalue weighted by Gasteiger charge is -2.16. The van der Waals surface area contributed by atoms with Gasteiger partial charge >= 0.3 is 0 Å². The number of likely N-dealkylation sites (N-methyl/N-ethyl adjacent to an activating group) is 1. The fraction of sp³-hybridized carbons (Fsp3) is 0.222. The lowest BCUT2D eigenvalue weighted by atomic mass is 10.1. The third kappa shape index (κ3) is 4.19. The molecule has 0 aliphatic rings. The van der Waals surface area contributed by atoms with Crippen LogP contribution in [0.3, 0.4) is 0 Å². The van der Waals surface area contributed by atoms with Gasteiger partial charge in [0.2, 0.25) is 5.91 Å². The number of carbonyl (C=O) groups is 2. The minimum absolute atomic E-state index is 0.0675. The lowest BCUT2D eigenvalue weighted by molar-refractivity contribution is -0.128. The summed E-state index contributed by atoms with van der Waals surface area (Å²) in [4.78, 5) is 25.8. The topological polar surface area (TPSA) is 46.6 Å². The summed E-state index contributed by atoms with van der Waals surface area (Å²) in [7, 11) is 3.23. The van der Waals surface area contributed by atoms with Crippen LogP contribution in [0.4, 0.5) is 0 Å². The molecule has 0 saturated carbocycles. The van der Waals surface area contributed by atoms with Crippen molar-refractivity contribution in [2.45, 2.75) is 6.42 Å². The molecule has 0 saturated heterocycles. The maximum Gasteiger partial charge on any atom is 0.227 e. The quantitative estimate of drug-likeness (QED) is 0.770. The second-order valence-corrected chi connectivity index (χ2v) is 5.07. The largest absolute Gasteiger partial charge is 0.497 e. The van der Waals surface area contributed by atoms with Crippen molar-refractivity contribution >= 4 is 11.7 Å². The van der Waals surface area contributed by atoms with Crippen LogP contribution in [0.25, 0.3) is 0 Å². The highest BCUT2D eigenvalue weighted by Crippen LogP contribution is 2.13. The summed E-state index contributed by atoms with van der Waals surface area (Å²) in [5.41, 5.74) is 1.48. The zero-order valence-corrected chi connectivity index (χ0v) is 12.8. The van der Waals surface area contributed by atoms with E-state index in [4.69, 9.17) is 4.74 Å². The van der Waals surface area contributed by atoms with Gasteiger partial charge in [0.15, 0.2) is 5.78 Å². The van der Waals surface area contributed by atoms with E-state index in [0.29, 0.717) is 11.3 Å². The number of carbonyl (C=O) groups excluding carboxylic acids is 2. The fourth-order valence-electron chi connectivity index (χ4n) is 2.11. The van der Waals surface area contributed by atoms with Gasteiger partial charge in [-0.3, -0.25) is 9.59 Å². The predicted molar refractivity (Wildman–Crippen MR) is 85.1 cm³/mol. The third-order valence-electron chi connectivity index (χ3n) is 3.39. The summed E-state index contributed by atoms with van der Waals surface area (Å²) in [5.74, 6) is 0.549. The van der Waals surface area contributed by atoms with Crippen LogP contribution in [-0.4, -0.2) is 37.3 Å². The molecular formula is C18H19NO3. The van der Waals surface area contributed by atoms with Gasteiger partial charge in [0.25, 0.3) is 0 Å². The summed E-state index contributed by atoms with van der Waals surface area (Å²) < 4.78 is 5.14. The summed E-state index contributed by atoms with van der Waals surface area (Å²) in [6, 6.07) is 16.3. The number of amides is 1. The zero-order chi connectivity index (χ0) is 15.9. The van der Waals surface area contributed by atoms with Crippen molar-refractivity contribution < 1.29 is 14.3 Å². The van der Waals surface area contributed by atoms with Crippen molar-refractivity contribution in [3.8, 4) is 5.75 Å². The number of Topliss-reactive ketones (excluding diaryl/α,β-unsaturated/α-hetero) is 1. The van der Waals surface area contributed by atoms with Crippen molar-refractivity contribution in [2.75, 3.05) is 20.7 Å². The maximum atomic E-state index is 12.2. The average Bonchev–Trinajstić information content (AvgIpc) is 2.55. The fourth-order valence-corrected chi connectivity index (χ4v) is 2.11. The van der Waals surface area contributed by atoms with E-state index in [0.717, 1.165) is 5.56 Å². The molecular weight excluding hydrogens is 278 g/mol. The Morgan fingerprint density at radius 1 is 1.05 bits per heavy atom. The molecule has 0 N–H and O–H groups in total. The van der Waals surface area contributed by atoms with Crippen molar-refractivity contribution in [1.29, 1.82) is 0 Å². The zero-order valence-electron chi connectivity index (χ0n) is 12.8. The lowest BCUT2D eigenvalue weighted by Crippen LogP contribution is -2.33. The minimum atomic E-state index is -0.0995. The van der Waals surface area contributed by atoms with E-state index in [-0.39, 0.29) is 24.7 Å². The van der Waals surface area contributed by atoms with Gasteiger partial charge in [0.05, 0.1) is 20.1 Å². The van der Waals surface area contributed by atoms with Crippen molar-refractivity contribution in [3.05, 3.63) is 65.7 Å². The molecule has 22 heavy (non-hydrogen) atoms. The highest BCUT2D eigenvalue weighted by Gasteiger charge is 2.14. The monoisotopic (exact) mass is 297 g/mol. The summed E-state index contributed by atoms with van der Waals surface area (Å²) in [6.07, 6.45) is 0.246. The van der Waals surface area contributed by atoms with Crippen LogP contribution in [0.2, 0.25) is 0 Å². The van der Waals surface area contributed by atoms with Crippen LogP contribution < -0.4 is 4.74 Å². The highest BCUT2D eigenvalue weighted by atomic mass is 16.5. The van der Waals surface area contributed by atoms with Gasteiger partial charge in [-0.2, -0.15) is 0 Å². The highest BCUT2D eigenvalue weighted by molar-refractivity contribution is 5.99. The van der Waals surface area contributed by atoms with Gasteiger partial charge in [-0.25, -0.2) is 0 Å². The molecule has 0 aromatic heterocycles. The van der Waals surface area contributed by atoms with E-state index in [1.165, 1.54) is 4.90 Å². The number of ether oxygens (including phenoxy) is 1. The Labute approximate surface area is 130 Å². The molecule has 0 unspecified atom stereocenters. The molecule has 4 heteroatoms. The van der Waals surface area contributed by atoms with Crippen molar-refractivity contribution in [2.24, 2.45) is 0 Å². The summed E-state index contributed by atoms with van der Waals surface area (Å²) >= 11 is 0. The smallest absolute Gasteiger partial charge is 0.227 e. The first kappa shape index (κ1) is 15.8. The van der Waals surface area contributed by atoms with E-state index in [1.807, 2.05) is 42.5 Å². The number of nitrogens with zero attached hydrogens (tertiary/aromatic N) is 1. The molecule has 0 aliphatic carbocycles. The third-order valence-corrected chi connectivity index (χ3v) is 3.39. The molecule has 0 atom stereocenters. The molecule has 1 amide bonds. The molecule has 0 aliphatic heterocycles. The Balaban J connectivity index is 1.96. The van der Waals surface area contributed by atoms with Crippen LogP contribution in [0.1, 0.15) is 15.9 Å². The van der Waals surface area contributed by atoms with Gasteiger partial charge < -0.3 is 9.64 Å². The van der Waals surface area contributed by atoms with E-state index in [2.05, 4.69) is 0 Å². The maximum absolute atomic E-state index is 12.2. The van der Waals surface area contributed by atoms with E-state index >= 15 is 0 Å². The molecule has 2 rings (SSSR count). The Bertz CT molecular complexity index is 652. The first-order valence-corrected chi connectivity index (χ1v) is 7.05. The molecule has 114 valence electrons. The molecule has 4 nitrogen and oxygen atoms in total. The van der Waals surface area contributed by atoms with E-state index in [9.17, 15) is 9.59 Å². The number of hydrogen-bond acceptors (Lipinski definition) is 3. The van der Waals surface area contributed by atoms with Crippen molar-refractivity contribution in [1.82, 2.24) is 4.90 Å². The molecule has 0 fully saturated rings. The van der Waals surface area contributed by atoms with Gasteiger partial charge in [0.1, 0.15) is 5.75 Å². The van der Waals surface area contributed by atoms with E-state index in [1.54, 1.807) is 26.3 Å². The van der Waals surface area contributed by atoms with Crippen LogP contribution in [0.15, 0.2) is 54.6 Å². The summed E-state index contributed by atoms with van der Waals surface area (Å²) in [5, 5.41) is 0. The van der Waals surface area contributed by atoms with Crippen LogP contribution in [0.5, 0.6) is 5.75 Å². The second-order valence-electron chi connectivity index (χ2n) is 5.07.